The Labute approximate surface area is 115 Å². The first kappa shape index (κ1) is 13.9. The van der Waals surface area contributed by atoms with Gasteiger partial charge in [-0.15, -0.1) is 0 Å². The standard InChI is InChI=1S/C16H22N2O/c1-12-9-15(19-3)13(2)8-14(12)4-7-18-11-16(10-17)5-6-16/h8-9,18H,4-7,11H2,1-3H3. The van der Waals surface area contributed by atoms with Crippen LogP contribution in [-0.4, -0.2) is 20.2 Å². The molecule has 2 rings (SSSR count). The Balaban J connectivity index is 1.86. The van der Waals surface area contributed by atoms with E-state index in [1.54, 1.807) is 7.11 Å². The second kappa shape index (κ2) is 5.63. The van der Waals surface area contributed by atoms with E-state index in [4.69, 9.17) is 10.00 Å². The van der Waals surface area contributed by atoms with Crippen LogP contribution >= 0.6 is 0 Å². The Kier molecular flexibility index (Phi) is 4.11. The molecular weight excluding hydrogens is 236 g/mol. The summed E-state index contributed by atoms with van der Waals surface area (Å²) in [7, 11) is 1.71. The van der Waals surface area contributed by atoms with Crippen molar-refractivity contribution in [2.75, 3.05) is 20.2 Å². The molecule has 1 N–H and O–H groups in total. The average molecular weight is 258 g/mol. The molecule has 0 heterocycles. The van der Waals surface area contributed by atoms with E-state index >= 15 is 0 Å². The summed E-state index contributed by atoms with van der Waals surface area (Å²) in [5.74, 6) is 0.954. The van der Waals surface area contributed by atoms with Crippen LogP contribution in [0.15, 0.2) is 12.1 Å². The molecule has 0 bridgehead atoms. The van der Waals surface area contributed by atoms with Gasteiger partial charge in [-0.1, -0.05) is 6.07 Å². The van der Waals surface area contributed by atoms with Crippen molar-refractivity contribution in [1.29, 1.82) is 5.26 Å². The highest BCUT2D eigenvalue weighted by Crippen LogP contribution is 2.43. The summed E-state index contributed by atoms with van der Waals surface area (Å²) >= 11 is 0. The minimum atomic E-state index is -0.0507. The molecule has 0 aromatic heterocycles. The van der Waals surface area contributed by atoms with Gasteiger partial charge in [0.25, 0.3) is 0 Å². The van der Waals surface area contributed by atoms with E-state index in [2.05, 4.69) is 37.4 Å². The lowest BCUT2D eigenvalue weighted by molar-refractivity contribution is 0.411. The van der Waals surface area contributed by atoms with E-state index in [1.807, 2.05) is 0 Å². The largest absolute Gasteiger partial charge is 0.496 e. The monoisotopic (exact) mass is 258 g/mol. The van der Waals surface area contributed by atoms with Crippen molar-refractivity contribution in [3.63, 3.8) is 0 Å². The van der Waals surface area contributed by atoms with Crippen LogP contribution in [0.4, 0.5) is 0 Å². The van der Waals surface area contributed by atoms with E-state index in [0.717, 1.165) is 38.1 Å². The Hall–Kier alpha value is -1.53. The maximum absolute atomic E-state index is 9.01. The summed E-state index contributed by atoms with van der Waals surface area (Å²) in [6.07, 6.45) is 3.10. The van der Waals surface area contributed by atoms with Crippen molar-refractivity contribution in [1.82, 2.24) is 5.32 Å². The molecule has 1 fully saturated rings. The average Bonchev–Trinajstić information content (AvgIpc) is 3.18. The molecule has 0 atom stereocenters. The highest BCUT2D eigenvalue weighted by molar-refractivity contribution is 5.41. The molecule has 102 valence electrons. The third-order valence-electron chi connectivity index (χ3n) is 3.98. The molecule has 1 aliphatic rings. The van der Waals surface area contributed by atoms with Gasteiger partial charge in [-0.2, -0.15) is 5.26 Å². The van der Waals surface area contributed by atoms with E-state index in [-0.39, 0.29) is 5.41 Å². The predicted octanol–water partition coefficient (Wildman–Crippen LogP) is 2.75. The van der Waals surface area contributed by atoms with E-state index in [9.17, 15) is 0 Å². The molecule has 3 nitrogen and oxygen atoms in total. The minimum Gasteiger partial charge on any atom is -0.496 e. The van der Waals surface area contributed by atoms with Gasteiger partial charge in [0.1, 0.15) is 5.75 Å². The number of aryl methyl sites for hydroxylation is 2. The fraction of sp³-hybridized carbons (Fsp3) is 0.562. The molecule has 1 aromatic rings. The van der Waals surface area contributed by atoms with Crippen LogP contribution in [0.5, 0.6) is 5.75 Å². The zero-order chi connectivity index (χ0) is 13.9. The van der Waals surface area contributed by atoms with Gasteiger partial charge in [-0.25, -0.2) is 0 Å². The zero-order valence-electron chi connectivity index (χ0n) is 12.0. The van der Waals surface area contributed by atoms with Crippen molar-refractivity contribution in [3.05, 3.63) is 28.8 Å². The fourth-order valence-corrected chi connectivity index (χ4v) is 2.37. The van der Waals surface area contributed by atoms with Gasteiger partial charge in [0.05, 0.1) is 18.6 Å². The second-order valence-electron chi connectivity index (χ2n) is 5.57. The van der Waals surface area contributed by atoms with Gasteiger partial charge in [0.15, 0.2) is 0 Å². The number of ether oxygens (including phenoxy) is 1. The van der Waals surface area contributed by atoms with Crippen molar-refractivity contribution in [3.8, 4) is 11.8 Å². The Morgan fingerprint density at radius 3 is 2.63 bits per heavy atom. The Morgan fingerprint density at radius 1 is 1.32 bits per heavy atom. The van der Waals surface area contributed by atoms with Crippen molar-refractivity contribution in [2.24, 2.45) is 5.41 Å². The molecule has 1 aliphatic carbocycles. The summed E-state index contributed by atoms with van der Waals surface area (Å²) in [4.78, 5) is 0. The minimum absolute atomic E-state index is 0.0507. The van der Waals surface area contributed by atoms with Crippen molar-refractivity contribution < 1.29 is 4.74 Å². The molecule has 1 saturated carbocycles. The lowest BCUT2D eigenvalue weighted by atomic mass is 10.0. The van der Waals surface area contributed by atoms with E-state index < -0.39 is 0 Å². The smallest absolute Gasteiger partial charge is 0.122 e. The van der Waals surface area contributed by atoms with Crippen LogP contribution in [0, 0.1) is 30.6 Å². The Morgan fingerprint density at radius 2 is 2.05 bits per heavy atom. The molecule has 0 spiro atoms. The number of rotatable bonds is 6. The van der Waals surface area contributed by atoms with Crippen LogP contribution in [0.1, 0.15) is 29.5 Å². The van der Waals surface area contributed by atoms with Crippen LogP contribution in [0.25, 0.3) is 0 Å². The normalized spacial score (nSPS) is 15.9. The molecule has 1 aromatic carbocycles. The first-order chi connectivity index (χ1) is 9.10. The van der Waals surface area contributed by atoms with Gasteiger partial charge >= 0.3 is 0 Å². The summed E-state index contributed by atoms with van der Waals surface area (Å²) in [6.45, 7) is 5.95. The molecule has 0 amide bonds. The lowest BCUT2D eigenvalue weighted by Crippen LogP contribution is -2.25. The molecule has 0 saturated heterocycles. The van der Waals surface area contributed by atoms with Gasteiger partial charge < -0.3 is 10.1 Å². The molecule has 0 radical (unpaired) electrons. The van der Waals surface area contributed by atoms with E-state index in [0.29, 0.717) is 0 Å². The number of nitriles is 1. The van der Waals surface area contributed by atoms with Gasteiger partial charge in [0, 0.05) is 6.54 Å². The third kappa shape index (κ3) is 3.27. The number of benzene rings is 1. The summed E-state index contributed by atoms with van der Waals surface area (Å²) in [5.41, 5.74) is 3.75. The van der Waals surface area contributed by atoms with Crippen LogP contribution in [0.3, 0.4) is 0 Å². The number of hydrogen-bond donors (Lipinski definition) is 1. The maximum Gasteiger partial charge on any atom is 0.122 e. The van der Waals surface area contributed by atoms with Crippen molar-refractivity contribution in [2.45, 2.75) is 33.1 Å². The molecule has 3 heteroatoms. The highest BCUT2D eigenvalue weighted by atomic mass is 16.5. The van der Waals surface area contributed by atoms with E-state index in [1.165, 1.54) is 16.7 Å². The number of nitrogens with zero attached hydrogens (tertiary/aromatic N) is 1. The van der Waals surface area contributed by atoms with Crippen LogP contribution in [0.2, 0.25) is 0 Å². The topological polar surface area (TPSA) is 45.0 Å². The second-order valence-corrected chi connectivity index (χ2v) is 5.57. The van der Waals surface area contributed by atoms with Crippen LogP contribution in [-0.2, 0) is 6.42 Å². The number of hydrogen-bond acceptors (Lipinski definition) is 3. The molecule has 0 unspecified atom stereocenters. The van der Waals surface area contributed by atoms with Crippen molar-refractivity contribution >= 4 is 0 Å². The van der Waals surface area contributed by atoms with Gasteiger partial charge in [-0.05, 0) is 62.4 Å². The zero-order valence-corrected chi connectivity index (χ0v) is 12.0. The number of nitrogens with one attached hydrogen (secondary N) is 1. The quantitative estimate of drug-likeness (QED) is 0.798. The summed E-state index contributed by atoms with van der Waals surface area (Å²) in [5, 5.41) is 12.4. The first-order valence-electron chi connectivity index (χ1n) is 6.86. The van der Waals surface area contributed by atoms with Gasteiger partial charge in [0.2, 0.25) is 0 Å². The van der Waals surface area contributed by atoms with Gasteiger partial charge in [-0.3, -0.25) is 0 Å². The summed E-state index contributed by atoms with van der Waals surface area (Å²) in [6, 6.07) is 6.71. The molecule has 0 aliphatic heterocycles. The first-order valence-corrected chi connectivity index (χ1v) is 6.86. The summed E-state index contributed by atoms with van der Waals surface area (Å²) < 4.78 is 5.32. The molecule has 19 heavy (non-hydrogen) atoms. The highest BCUT2D eigenvalue weighted by Gasteiger charge is 2.42. The third-order valence-corrected chi connectivity index (χ3v) is 3.98. The predicted molar refractivity (Wildman–Crippen MR) is 76.3 cm³/mol. The fourth-order valence-electron chi connectivity index (χ4n) is 2.37. The maximum atomic E-state index is 9.01. The Bertz CT molecular complexity index is 498. The van der Waals surface area contributed by atoms with Crippen LogP contribution < -0.4 is 10.1 Å². The number of methoxy groups -OCH3 is 1. The SMILES string of the molecule is COc1cc(C)c(CCNCC2(C#N)CC2)cc1C. The molecular formula is C16H22N2O. The lowest BCUT2D eigenvalue weighted by Gasteiger charge is -2.12.